The van der Waals surface area contributed by atoms with E-state index in [0.29, 0.717) is 35.9 Å². The monoisotopic (exact) mass is 534 g/mol. The first-order valence-electron chi connectivity index (χ1n) is 12.4. The Morgan fingerprint density at radius 1 is 1.15 bits per heavy atom. The number of hydrogen-bond donors (Lipinski definition) is 3. The van der Waals surface area contributed by atoms with Crippen LogP contribution in [0, 0.1) is 24.2 Å². The highest BCUT2D eigenvalue weighted by Crippen LogP contribution is 2.33. The standard InChI is InChI=1S/C29H29F3N6O/c1-20-5-9-24(16-21(20)8-10-25-18-34-27(35-25)4-3-11-33)36-28(39)22-6-7-23(26(17-22)29(30,31)32)19-38-14-12-37(2)13-15-38/h3-7,9,11,16-18,33H,12-15,19H2,1-2H3,(H,34,35)(H,36,39)/b4-3-,33-11?. The minimum absolute atomic E-state index is 0.0689. The molecule has 2 heterocycles. The van der Waals surface area contributed by atoms with Gasteiger partial charge in [0, 0.05) is 55.8 Å². The summed E-state index contributed by atoms with van der Waals surface area (Å²) in [6.45, 7) is 5.04. The van der Waals surface area contributed by atoms with Gasteiger partial charge >= 0.3 is 6.18 Å². The molecular weight excluding hydrogens is 505 g/mol. The first-order valence-corrected chi connectivity index (χ1v) is 12.4. The third kappa shape index (κ3) is 7.44. The van der Waals surface area contributed by atoms with Crippen LogP contribution in [0.1, 0.15) is 44.1 Å². The largest absolute Gasteiger partial charge is 0.416 e. The third-order valence-electron chi connectivity index (χ3n) is 6.44. The molecule has 7 nitrogen and oxygen atoms in total. The number of imidazole rings is 1. The molecule has 2 aromatic carbocycles. The second-order valence-electron chi connectivity index (χ2n) is 9.39. The number of nitrogens with one attached hydrogen (secondary N) is 3. The van der Waals surface area contributed by atoms with E-state index in [1.165, 1.54) is 18.2 Å². The lowest BCUT2D eigenvalue weighted by molar-refractivity contribution is -0.138. The number of halogens is 3. The molecule has 3 N–H and O–H groups in total. The number of likely N-dealkylation sites (N-methyl/N-ethyl adjacent to an activating group) is 1. The van der Waals surface area contributed by atoms with Crippen molar-refractivity contribution in [1.29, 1.82) is 5.41 Å². The lowest BCUT2D eigenvalue weighted by Crippen LogP contribution is -2.44. The zero-order valence-corrected chi connectivity index (χ0v) is 21.7. The van der Waals surface area contributed by atoms with Gasteiger partial charge in [-0.3, -0.25) is 9.69 Å². The Morgan fingerprint density at radius 2 is 1.92 bits per heavy atom. The lowest BCUT2D eigenvalue weighted by Gasteiger charge is -2.33. The summed E-state index contributed by atoms with van der Waals surface area (Å²) >= 11 is 0. The fourth-order valence-corrected chi connectivity index (χ4v) is 4.16. The van der Waals surface area contributed by atoms with E-state index in [-0.39, 0.29) is 17.7 Å². The summed E-state index contributed by atoms with van der Waals surface area (Å²) in [5, 5.41) is 9.73. The number of rotatable bonds is 6. The molecule has 0 atom stereocenters. The van der Waals surface area contributed by atoms with Gasteiger partial charge in [-0.15, -0.1) is 0 Å². The topological polar surface area (TPSA) is 88.1 Å². The number of carbonyl (C=O) groups is 1. The van der Waals surface area contributed by atoms with E-state index in [2.05, 4.69) is 32.0 Å². The molecule has 1 amide bonds. The molecular formula is C29H29F3N6O. The highest BCUT2D eigenvalue weighted by Gasteiger charge is 2.34. The van der Waals surface area contributed by atoms with Crippen molar-refractivity contribution in [3.8, 4) is 11.8 Å². The van der Waals surface area contributed by atoms with Crippen molar-refractivity contribution in [2.45, 2.75) is 19.6 Å². The predicted octanol–water partition coefficient (Wildman–Crippen LogP) is 4.80. The van der Waals surface area contributed by atoms with E-state index in [1.807, 2.05) is 18.9 Å². The number of piperazine rings is 1. The zero-order valence-electron chi connectivity index (χ0n) is 21.7. The smallest absolute Gasteiger partial charge is 0.332 e. The minimum Gasteiger partial charge on any atom is -0.332 e. The number of allylic oxidation sites excluding steroid dienone is 1. The average Bonchev–Trinajstić information content (AvgIpc) is 3.36. The maximum atomic E-state index is 13.9. The van der Waals surface area contributed by atoms with Gasteiger partial charge in [0.25, 0.3) is 5.91 Å². The summed E-state index contributed by atoms with van der Waals surface area (Å²) in [6, 6.07) is 8.91. The van der Waals surface area contributed by atoms with Crippen molar-refractivity contribution < 1.29 is 18.0 Å². The van der Waals surface area contributed by atoms with Gasteiger partial charge in [-0.25, -0.2) is 4.98 Å². The summed E-state index contributed by atoms with van der Waals surface area (Å²) in [6.07, 6.45) is 1.31. The van der Waals surface area contributed by atoms with Crippen LogP contribution in [0.2, 0.25) is 0 Å². The first kappa shape index (κ1) is 27.8. The summed E-state index contributed by atoms with van der Waals surface area (Å²) in [5.74, 6) is 5.94. The maximum Gasteiger partial charge on any atom is 0.416 e. The molecule has 1 aliphatic heterocycles. The third-order valence-corrected chi connectivity index (χ3v) is 6.44. The number of amides is 1. The fourth-order valence-electron chi connectivity index (χ4n) is 4.16. The second-order valence-corrected chi connectivity index (χ2v) is 9.39. The number of hydrogen-bond acceptors (Lipinski definition) is 5. The highest BCUT2D eigenvalue weighted by molar-refractivity contribution is 6.04. The van der Waals surface area contributed by atoms with Crippen molar-refractivity contribution >= 4 is 23.9 Å². The van der Waals surface area contributed by atoms with Gasteiger partial charge in [0.15, 0.2) is 0 Å². The maximum absolute atomic E-state index is 13.9. The van der Waals surface area contributed by atoms with Gasteiger partial charge in [0.2, 0.25) is 0 Å². The lowest BCUT2D eigenvalue weighted by atomic mass is 10.0. The quantitative estimate of drug-likeness (QED) is 0.313. The van der Waals surface area contributed by atoms with E-state index in [0.717, 1.165) is 30.9 Å². The molecule has 10 heteroatoms. The van der Waals surface area contributed by atoms with Crippen LogP contribution >= 0.6 is 0 Å². The number of aromatic nitrogens is 2. The molecule has 39 heavy (non-hydrogen) atoms. The normalized spacial score (nSPS) is 14.7. The first-order chi connectivity index (χ1) is 18.6. The molecule has 0 saturated carbocycles. The van der Waals surface area contributed by atoms with Gasteiger partial charge in [-0.05, 0) is 67.4 Å². The zero-order chi connectivity index (χ0) is 28.0. The van der Waals surface area contributed by atoms with Crippen molar-refractivity contribution in [2.24, 2.45) is 0 Å². The van der Waals surface area contributed by atoms with Gasteiger partial charge in [0.05, 0.1) is 11.8 Å². The Hall–Kier alpha value is -4.20. The van der Waals surface area contributed by atoms with Gasteiger partial charge < -0.3 is 20.6 Å². The Morgan fingerprint density at radius 3 is 2.64 bits per heavy atom. The number of H-pyrrole nitrogens is 1. The number of aryl methyl sites for hydroxylation is 1. The van der Waals surface area contributed by atoms with Crippen molar-refractivity contribution in [2.75, 3.05) is 38.5 Å². The van der Waals surface area contributed by atoms with Crippen LogP contribution in [-0.4, -0.2) is 65.1 Å². The summed E-state index contributed by atoms with van der Waals surface area (Å²) in [4.78, 5) is 24.2. The summed E-state index contributed by atoms with van der Waals surface area (Å²) in [5.41, 5.74) is 1.81. The van der Waals surface area contributed by atoms with Crippen molar-refractivity contribution in [3.63, 3.8) is 0 Å². The summed E-state index contributed by atoms with van der Waals surface area (Å²) < 4.78 is 41.8. The van der Waals surface area contributed by atoms with E-state index < -0.39 is 17.6 Å². The van der Waals surface area contributed by atoms with Crippen LogP contribution in [0.3, 0.4) is 0 Å². The molecule has 1 aliphatic rings. The number of benzene rings is 2. The molecule has 1 fully saturated rings. The molecule has 1 saturated heterocycles. The van der Waals surface area contributed by atoms with Crippen LogP contribution in [0.15, 0.2) is 48.7 Å². The summed E-state index contributed by atoms with van der Waals surface area (Å²) in [7, 11) is 1.99. The van der Waals surface area contributed by atoms with Crippen LogP contribution < -0.4 is 5.32 Å². The molecule has 1 aromatic heterocycles. The molecule has 0 unspecified atom stereocenters. The average molecular weight is 535 g/mol. The van der Waals surface area contributed by atoms with Crippen LogP contribution in [-0.2, 0) is 12.7 Å². The van der Waals surface area contributed by atoms with Gasteiger partial charge in [-0.1, -0.05) is 18.1 Å². The SMILES string of the molecule is Cc1ccc(NC(=O)c2ccc(CN3CCN(C)CC3)c(C(F)(F)F)c2)cc1C#Cc1cnc(/C=C\C=N)[nH]1. The van der Waals surface area contributed by atoms with Crippen LogP contribution in [0.5, 0.6) is 0 Å². The number of alkyl halides is 3. The molecule has 0 aliphatic carbocycles. The fraction of sp³-hybridized carbons (Fsp3) is 0.276. The van der Waals surface area contributed by atoms with Crippen molar-refractivity contribution in [1.82, 2.24) is 19.8 Å². The Labute approximate surface area is 225 Å². The van der Waals surface area contributed by atoms with Gasteiger partial charge in [-0.2, -0.15) is 13.2 Å². The number of anilines is 1. The van der Waals surface area contributed by atoms with E-state index in [9.17, 15) is 18.0 Å². The van der Waals surface area contributed by atoms with E-state index >= 15 is 0 Å². The number of carbonyl (C=O) groups excluding carboxylic acids is 1. The number of nitrogens with zero attached hydrogens (tertiary/aromatic N) is 3. The van der Waals surface area contributed by atoms with Crippen LogP contribution in [0.25, 0.3) is 6.08 Å². The molecule has 0 spiro atoms. The number of aromatic amines is 1. The molecule has 0 bridgehead atoms. The Kier molecular flexibility index (Phi) is 8.64. The van der Waals surface area contributed by atoms with Gasteiger partial charge in [0.1, 0.15) is 11.5 Å². The van der Waals surface area contributed by atoms with E-state index in [4.69, 9.17) is 5.41 Å². The molecule has 3 aromatic rings. The molecule has 202 valence electrons. The molecule has 0 radical (unpaired) electrons. The second kappa shape index (κ2) is 12.1. The van der Waals surface area contributed by atoms with Crippen molar-refractivity contribution in [3.05, 3.63) is 88.0 Å². The minimum atomic E-state index is -4.58. The Balaban J connectivity index is 1.51. The predicted molar refractivity (Wildman–Crippen MR) is 146 cm³/mol. The molecule has 4 rings (SSSR count). The van der Waals surface area contributed by atoms with Crippen LogP contribution in [0.4, 0.5) is 18.9 Å². The van der Waals surface area contributed by atoms with E-state index in [1.54, 1.807) is 30.5 Å². The Bertz CT molecular complexity index is 1440. The highest BCUT2D eigenvalue weighted by atomic mass is 19.4.